The number of hydrogen-bond donors (Lipinski definition) is 2. The first-order valence-corrected chi connectivity index (χ1v) is 17.2. The second kappa shape index (κ2) is 14.1. The molecular formula is C32H43ClF3N7O4S. The van der Waals surface area contributed by atoms with Crippen LogP contribution < -0.4 is 15.2 Å². The van der Waals surface area contributed by atoms with Gasteiger partial charge in [-0.05, 0) is 103 Å². The van der Waals surface area contributed by atoms with E-state index in [1.54, 1.807) is 18.3 Å². The number of rotatable bonds is 12. The average molecular weight is 714 g/mol. The number of carbonyl (C=O) groups excluding carboxylic acids is 2. The van der Waals surface area contributed by atoms with E-state index in [4.69, 9.17) is 21.1 Å². The number of aryl methyl sites for hydroxylation is 1. The summed E-state index contributed by atoms with van der Waals surface area (Å²) in [6, 6.07) is 4.95. The molecule has 11 nitrogen and oxygen atoms in total. The van der Waals surface area contributed by atoms with E-state index >= 15 is 0 Å². The maximum Gasteiger partial charge on any atom is 0.410 e. The zero-order valence-corrected chi connectivity index (χ0v) is 29.3. The largest absolute Gasteiger partial charge is 0.444 e. The summed E-state index contributed by atoms with van der Waals surface area (Å²) in [6.07, 6.45) is 3.02. The summed E-state index contributed by atoms with van der Waals surface area (Å²) in [5, 5.41) is 6.66. The van der Waals surface area contributed by atoms with Gasteiger partial charge < -0.3 is 14.4 Å². The maximum absolute atomic E-state index is 13.1. The number of alkyl halides is 3. The number of hydrazine groups is 1. The third-order valence-corrected chi connectivity index (χ3v) is 9.77. The van der Waals surface area contributed by atoms with Gasteiger partial charge in [-0.3, -0.25) is 19.2 Å². The predicted octanol–water partition coefficient (Wildman–Crippen LogP) is 7.10. The minimum absolute atomic E-state index is 0.0168. The number of aromatic nitrogens is 3. The van der Waals surface area contributed by atoms with E-state index in [1.165, 1.54) is 11.1 Å². The second-order valence-corrected chi connectivity index (χ2v) is 15.4. The number of likely N-dealkylation sites (tertiary alicyclic amines) is 1. The maximum atomic E-state index is 13.1. The van der Waals surface area contributed by atoms with Crippen molar-refractivity contribution in [3.8, 4) is 0 Å². The first kappa shape index (κ1) is 36.3. The molecule has 2 aromatic rings. The zero-order chi connectivity index (χ0) is 34.9. The fourth-order valence-corrected chi connectivity index (χ4v) is 6.81. The summed E-state index contributed by atoms with van der Waals surface area (Å²) in [4.78, 5) is 31.7. The summed E-state index contributed by atoms with van der Waals surface area (Å²) in [6.45, 7) is 11.1. The van der Waals surface area contributed by atoms with Crippen molar-refractivity contribution in [3.05, 3.63) is 47.4 Å². The molecule has 2 aliphatic heterocycles. The van der Waals surface area contributed by atoms with E-state index in [2.05, 4.69) is 34.1 Å². The Labute approximate surface area is 288 Å². The Morgan fingerprint density at radius 2 is 1.94 bits per heavy atom. The van der Waals surface area contributed by atoms with Crippen LogP contribution in [-0.2, 0) is 16.0 Å². The molecule has 48 heavy (non-hydrogen) atoms. The van der Waals surface area contributed by atoms with Crippen LogP contribution in [0.1, 0.15) is 83.5 Å². The summed E-state index contributed by atoms with van der Waals surface area (Å²) in [5.74, 6) is 0.319. The number of halogens is 4. The van der Waals surface area contributed by atoms with Gasteiger partial charge in [0.1, 0.15) is 27.8 Å². The van der Waals surface area contributed by atoms with Gasteiger partial charge in [0.15, 0.2) is 0 Å². The number of hydrogen-bond acceptors (Lipinski definition) is 9. The molecule has 0 aromatic carbocycles. The smallest absolute Gasteiger partial charge is 0.410 e. The van der Waals surface area contributed by atoms with Gasteiger partial charge in [-0.15, -0.1) is 0 Å². The lowest BCUT2D eigenvalue weighted by Gasteiger charge is -2.33. The van der Waals surface area contributed by atoms with E-state index in [0.717, 1.165) is 31.2 Å². The molecule has 16 heteroatoms. The van der Waals surface area contributed by atoms with Gasteiger partial charge in [-0.1, -0.05) is 11.6 Å². The highest BCUT2D eigenvalue weighted by atomic mass is 35.5. The van der Waals surface area contributed by atoms with Gasteiger partial charge in [0.25, 0.3) is 5.91 Å². The molecule has 1 aliphatic carbocycles. The minimum Gasteiger partial charge on any atom is -0.444 e. The minimum atomic E-state index is -4.21. The molecule has 2 N–H and O–H groups in total. The standard InChI is InChI=1S/C32H43ClF3N7O4S/c1-29(2,3)47-28(45)42-20-21(19-30(42,4)5)7-6-15-41-16-11-25(39-41)48-40-27(44)22-8-9-23(37-26(22)33)43-17-10-24(38-43)46-18-14-31(12-13-31)32(34,35)36/h8-11,16-17,21,24,38H,6-7,12-15,18-20H2,1-5H3,(H,40,44). The highest BCUT2D eigenvalue weighted by Crippen LogP contribution is 2.59. The molecule has 1 saturated carbocycles. The summed E-state index contributed by atoms with van der Waals surface area (Å²) in [7, 11) is 0. The Bertz CT molecular complexity index is 1510. The van der Waals surface area contributed by atoms with Crippen LogP contribution in [-0.4, -0.2) is 68.4 Å². The molecule has 0 radical (unpaired) electrons. The van der Waals surface area contributed by atoms with Crippen LogP contribution in [0.3, 0.4) is 0 Å². The van der Waals surface area contributed by atoms with Crippen LogP contribution in [0.5, 0.6) is 0 Å². The van der Waals surface area contributed by atoms with Crippen molar-refractivity contribution in [3.63, 3.8) is 0 Å². The van der Waals surface area contributed by atoms with E-state index in [9.17, 15) is 22.8 Å². The Morgan fingerprint density at radius 1 is 1.19 bits per heavy atom. The van der Waals surface area contributed by atoms with Crippen LogP contribution in [0.15, 0.2) is 41.7 Å². The first-order chi connectivity index (χ1) is 22.4. The number of carbonyl (C=O) groups is 2. The molecule has 2 unspecified atom stereocenters. The van der Waals surface area contributed by atoms with Crippen molar-refractivity contribution in [2.24, 2.45) is 11.3 Å². The topological polar surface area (TPSA) is 114 Å². The van der Waals surface area contributed by atoms with Crippen molar-refractivity contribution < 1.29 is 32.2 Å². The van der Waals surface area contributed by atoms with E-state index in [-0.39, 0.29) is 48.2 Å². The van der Waals surface area contributed by atoms with Crippen molar-refractivity contribution in [2.45, 2.75) is 108 Å². The van der Waals surface area contributed by atoms with Crippen molar-refractivity contribution in [1.82, 2.24) is 29.8 Å². The molecule has 1 saturated heterocycles. The Balaban J connectivity index is 1.03. The molecule has 0 spiro atoms. The average Bonchev–Trinajstić information content (AvgIpc) is 3.28. The molecule has 0 bridgehead atoms. The SMILES string of the molecule is CC(C)(C)OC(=O)N1CC(CCCn2ccc(SNC(=O)c3ccc(N4C=CC(OCCC5(C(F)(F)F)CC5)N4)nc3Cl)n2)CC1(C)C. The summed E-state index contributed by atoms with van der Waals surface area (Å²) >= 11 is 7.41. The van der Waals surface area contributed by atoms with Crippen LogP contribution in [0.4, 0.5) is 23.8 Å². The van der Waals surface area contributed by atoms with Gasteiger partial charge in [-0.2, -0.15) is 23.7 Å². The predicted molar refractivity (Wildman–Crippen MR) is 176 cm³/mol. The number of ether oxygens (including phenoxy) is 2. The Hall–Kier alpha value is -3.01. The number of nitrogens with one attached hydrogen (secondary N) is 2. The van der Waals surface area contributed by atoms with Gasteiger partial charge in [0, 0.05) is 49.6 Å². The molecule has 4 heterocycles. The molecule has 264 valence electrons. The number of anilines is 1. The summed E-state index contributed by atoms with van der Waals surface area (Å²) < 4.78 is 55.2. The van der Waals surface area contributed by atoms with Crippen molar-refractivity contribution in [1.29, 1.82) is 0 Å². The van der Waals surface area contributed by atoms with Crippen LogP contribution in [0.25, 0.3) is 0 Å². The molecule has 2 fully saturated rings. The van der Waals surface area contributed by atoms with E-state index < -0.39 is 29.3 Å². The van der Waals surface area contributed by atoms with Gasteiger partial charge >= 0.3 is 12.3 Å². The molecule has 2 atom stereocenters. The normalized spacial score (nSPS) is 21.5. The molecule has 3 aliphatic rings. The van der Waals surface area contributed by atoms with Crippen LogP contribution in [0, 0.1) is 11.3 Å². The highest BCUT2D eigenvalue weighted by molar-refractivity contribution is 7.97. The summed E-state index contributed by atoms with van der Waals surface area (Å²) in [5.41, 5.74) is 0.754. The lowest BCUT2D eigenvalue weighted by Crippen LogP contribution is -2.45. The van der Waals surface area contributed by atoms with E-state index in [0.29, 0.717) is 29.9 Å². The van der Waals surface area contributed by atoms with E-state index in [1.807, 2.05) is 42.6 Å². The monoisotopic (exact) mass is 713 g/mol. The van der Waals surface area contributed by atoms with Crippen LogP contribution in [0.2, 0.25) is 5.15 Å². The molecule has 2 aromatic heterocycles. The molecular weight excluding hydrogens is 671 g/mol. The Kier molecular flexibility index (Phi) is 10.6. The molecule has 2 amide bonds. The fraction of sp³-hybridized carbons (Fsp3) is 0.625. The number of nitrogens with zero attached hydrogens (tertiary/aromatic N) is 5. The fourth-order valence-electron chi connectivity index (χ4n) is 5.99. The second-order valence-electron chi connectivity index (χ2n) is 14.2. The van der Waals surface area contributed by atoms with Gasteiger partial charge in [0.2, 0.25) is 0 Å². The lowest BCUT2D eigenvalue weighted by atomic mass is 9.93. The molecule has 5 rings (SSSR count). The first-order valence-electron chi connectivity index (χ1n) is 16.0. The zero-order valence-electron chi connectivity index (χ0n) is 27.8. The van der Waals surface area contributed by atoms with Gasteiger partial charge in [-0.25, -0.2) is 9.78 Å². The van der Waals surface area contributed by atoms with Crippen molar-refractivity contribution in [2.75, 3.05) is 18.2 Å². The van der Waals surface area contributed by atoms with Crippen LogP contribution >= 0.6 is 23.5 Å². The quantitative estimate of drug-likeness (QED) is 0.176. The van der Waals surface area contributed by atoms with Gasteiger partial charge in [0.05, 0.1) is 11.0 Å². The third-order valence-electron chi connectivity index (χ3n) is 8.77. The number of amides is 2. The van der Waals surface area contributed by atoms with Crippen molar-refractivity contribution >= 4 is 41.4 Å². The number of pyridine rings is 1. The highest BCUT2D eigenvalue weighted by Gasteiger charge is 2.62. The Morgan fingerprint density at radius 3 is 2.60 bits per heavy atom. The third kappa shape index (κ3) is 8.96. The lowest BCUT2D eigenvalue weighted by molar-refractivity contribution is -0.192.